The lowest BCUT2D eigenvalue weighted by Gasteiger charge is -2.47. The van der Waals surface area contributed by atoms with E-state index in [0.717, 1.165) is 23.4 Å². The van der Waals surface area contributed by atoms with E-state index in [-0.39, 0.29) is 41.9 Å². The van der Waals surface area contributed by atoms with Crippen LogP contribution in [0.4, 0.5) is 23.9 Å². The Morgan fingerprint density at radius 1 is 1.12 bits per heavy atom. The van der Waals surface area contributed by atoms with Crippen molar-refractivity contribution in [2.75, 3.05) is 4.90 Å². The maximum absolute atomic E-state index is 13.6. The van der Waals surface area contributed by atoms with Gasteiger partial charge in [0, 0.05) is 47.7 Å². The summed E-state index contributed by atoms with van der Waals surface area (Å²) in [6.45, 7) is 7.78. The third-order valence-electron chi connectivity index (χ3n) is 7.15. The first-order valence-electron chi connectivity index (χ1n) is 13.4. The van der Waals surface area contributed by atoms with Gasteiger partial charge in [-0.3, -0.25) is 0 Å². The van der Waals surface area contributed by atoms with Gasteiger partial charge in [0.2, 0.25) is 5.95 Å². The zero-order valence-corrected chi connectivity index (χ0v) is 23.7. The summed E-state index contributed by atoms with van der Waals surface area (Å²) in [5, 5.41) is 0.00408. The second kappa shape index (κ2) is 12.4. The summed E-state index contributed by atoms with van der Waals surface area (Å²) in [6.07, 6.45) is 3.97. The van der Waals surface area contributed by atoms with E-state index in [1.54, 1.807) is 24.9 Å². The molecule has 0 saturated carbocycles. The molecule has 0 aliphatic carbocycles. The van der Waals surface area contributed by atoms with E-state index in [4.69, 9.17) is 16.3 Å². The highest BCUT2D eigenvalue weighted by Gasteiger charge is 2.41. The molecule has 0 spiro atoms. The summed E-state index contributed by atoms with van der Waals surface area (Å²) >= 11 is 6.12. The van der Waals surface area contributed by atoms with Crippen LogP contribution in [0.2, 0.25) is 5.02 Å². The zero-order chi connectivity index (χ0) is 29.0. The number of nitrogens with one attached hydrogen (secondary N) is 1. The number of nitrogens with zero attached hydrogens (tertiary/aromatic N) is 5. The number of amides is 1. The van der Waals surface area contributed by atoms with E-state index in [0.29, 0.717) is 37.2 Å². The molecule has 4 rings (SSSR count). The van der Waals surface area contributed by atoms with Gasteiger partial charge in [-0.05, 0) is 63.3 Å². The minimum atomic E-state index is -4.53. The number of halogens is 4. The second-order valence-electron chi connectivity index (χ2n) is 10.3. The number of likely N-dealkylation sites (tertiary alicyclic amines) is 1. The predicted octanol–water partition coefficient (Wildman–Crippen LogP) is 7.11. The molecule has 3 atom stereocenters. The van der Waals surface area contributed by atoms with Gasteiger partial charge in [0.15, 0.2) is 0 Å². The summed E-state index contributed by atoms with van der Waals surface area (Å²) in [5.41, 5.74) is 1.06. The molecular weight excluding hydrogens is 545 g/mol. The summed E-state index contributed by atoms with van der Waals surface area (Å²) in [7, 11) is 0. The van der Waals surface area contributed by atoms with E-state index in [9.17, 15) is 18.0 Å². The molecule has 3 heterocycles. The quantitative estimate of drug-likeness (QED) is 0.306. The number of aromatic nitrogens is 4. The van der Waals surface area contributed by atoms with Crippen molar-refractivity contribution in [1.29, 1.82) is 0 Å². The van der Waals surface area contributed by atoms with Crippen LogP contribution < -0.4 is 4.90 Å². The number of rotatable bonds is 8. The Labute approximate surface area is 236 Å². The fourth-order valence-electron chi connectivity index (χ4n) is 5.28. The minimum Gasteiger partial charge on any atom is -0.447 e. The van der Waals surface area contributed by atoms with Crippen LogP contribution in [-0.4, -0.2) is 55.2 Å². The largest absolute Gasteiger partial charge is 0.447 e. The molecular formula is C28H34ClF3N6O2. The molecule has 40 heavy (non-hydrogen) atoms. The van der Waals surface area contributed by atoms with E-state index in [1.165, 1.54) is 6.07 Å². The molecule has 1 saturated heterocycles. The number of imidazole rings is 1. The van der Waals surface area contributed by atoms with Gasteiger partial charge in [0.05, 0.1) is 29.9 Å². The lowest BCUT2D eigenvalue weighted by Crippen LogP contribution is -2.57. The van der Waals surface area contributed by atoms with Crippen molar-refractivity contribution < 1.29 is 22.7 Å². The van der Waals surface area contributed by atoms with Crippen LogP contribution in [0.25, 0.3) is 11.3 Å². The number of carbonyl (C=O) groups excluding carboxylic acids is 1. The molecule has 1 aliphatic heterocycles. The molecule has 3 aromatic rings. The SMILES string of the molecule is CCC1CC(N(Cc2cc(Cl)cc(C(F)(F)F)c2)c2ncc(-c3cnc[nH]3)cn2)C[C@H](CC)N1C(=O)OC(C)C. The summed E-state index contributed by atoms with van der Waals surface area (Å²) < 4.78 is 46.3. The van der Waals surface area contributed by atoms with Gasteiger partial charge in [0.25, 0.3) is 0 Å². The number of hydrogen-bond acceptors (Lipinski definition) is 6. The van der Waals surface area contributed by atoms with E-state index in [2.05, 4.69) is 19.9 Å². The second-order valence-corrected chi connectivity index (χ2v) is 10.7. The van der Waals surface area contributed by atoms with E-state index >= 15 is 0 Å². The van der Waals surface area contributed by atoms with Crippen LogP contribution >= 0.6 is 11.6 Å². The average molecular weight is 579 g/mol. The fraction of sp³-hybridized carbons (Fsp3) is 0.500. The van der Waals surface area contributed by atoms with Crippen LogP contribution in [0, 0.1) is 0 Å². The molecule has 2 unspecified atom stereocenters. The van der Waals surface area contributed by atoms with Crippen molar-refractivity contribution in [1.82, 2.24) is 24.8 Å². The predicted molar refractivity (Wildman–Crippen MR) is 147 cm³/mol. The number of hydrogen-bond donors (Lipinski definition) is 1. The molecule has 8 nitrogen and oxygen atoms in total. The maximum atomic E-state index is 13.6. The minimum absolute atomic E-state index is 0.00408. The highest BCUT2D eigenvalue weighted by Crippen LogP contribution is 2.36. The van der Waals surface area contributed by atoms with Crippen LogP contribution in [0.15, 0.2) is 43.1 Å². The Kier molecular flexibility index (Phi) is 9.22. The third kappa shape index (κ3) is 6.86. The number of ether oxygens (including phenoxy) is 1. The Morgan fingerprint density at radius 3 is 2.30 bits per heavy atom. The smallest absolute Gasteiger partial charge is 0.416 e. The summed E-state index contributed by atoms with van der Waals surface area (Å²) in [4.78, 5) is 33.0. The average Bonchev–Trinajstić information content (AvgIpc) is 3.45. The van der Waals surface area contributed by atoms with Gasteiger partial charge in [0.1, 0.15) is 0 Å². The molecule has 1 aliphatic rings. The van der Waals surface area contributed by atoms with Crippen molar-refractivity contribution >= 4 is 23.6 Å². The van der Waals surface area contributed by atoms with E-state index < -0.39 is 11.7 Å². The molecule has 12 heteroatoms. The van der Waals surface area contributed by atoms with Crippen molar-refractivity contribution in [3.63, 3.8) is 0 Å². The van der Waals surface area contributed by atoms with Crippen LogP contribution in [0.3, 0.4) is 0 Å². The number of H-pyrrole nitrogens is 1. The van der Waals surface area contributed by atoms with Crippen molar-refractivity contribution in [2.45, 2.75) is 90.3 Å². The molecule has 2 aromatic heterocycles. The normalized spacial score (nSPS) is 19.6. The number of piperidine rings is 1. The van der Waals surface area contributed by atoms with Crippen molar-refractivity contribution in [3.05, 3.63) is 59.3 Å². The van der Waals surface area contributed by atoms with E-state index in [1.807, 2.05) is 37.5 Å². The number of carbonyl (C=O) groups is 1. The molecule has 1 aromatic carbocycles. The van der Waals surface area contributed by atoms with Crippen molar-refractivity contribution in [3.8, 4) is 11.3 Å². The number of anilines is 1. The van der Waals surface area contributed by atoms with Crippen LogP contribution in [0.5, 0.6) is 0 Å². The first-order valence-corrected chi connectivity index (χ1v) is 13.8. The van der Waals surface area contributed by atoms with Gasteiger partial charge >= 0.3 is 12.3 Å². The fourth-order valence-corrected chi connectivity index (χ4v) is 5.54. The Hall–Kier alpha value is -3.34. The molecule has 0 bridgehead atoms. The summed E-state index contributed by atoms with van der Waals surface area (Å²) in [6, 6.07) is 3.18. The number of benzene rings is 1. The Bertz CT molecular complexity index is 1260. The molecule has 1 fully saturated rings. The molecule has 1 N–H and O–H groups in total. The molecule has 0 radical (unpaired) electrons. The van der Waals surface area contributed by atoms with Gasteiger partial charge in [-0.15, -0.1) is 0 Å². The summed E-state index contributed by atoms with van der Waals surface area (Å²) in [5.74, 6) is 0.379. The maximum Gasteiger partial charge on any atom is 0.416 e. The number of aromatic amines is 1. The standard InChI is InChI=1S/C28H34ClF3N6O2/c1-5-22-10-24(11-23(6-2)38(22)27(39)40-17(3)4)37(15-18-7-20(28(30,31)32)9-21(29)8-18)26-34-12-19(13-35-26)25-14-33-16-36-25/h7-9,12-14,16-17,22-24H,5-6,10-11,15H2,1-4H3,(H,33,36)/t22-,23?,24?/m0/s1. The highest BCUT2D eigenvalue weighted by atomic mass is 35.5. The molecule has 216 valence electrons. The first-order chi connectivity index (χ1) is 19.0. The lowest BCUT2D eigenvalue weighted by atomic mass is 9.87. The monoisotopic (exact) mass is 578 g/mol. The zero-order valence-electron chi connectivity index (χ0n) is 23.0. The Balaban J connectivity index is 1.70. The number of alkyl halides is 3. The van der Waals surface area contributed by atoms with Gasteiger partial charge in [-0.25, -0.2) is 19.7 Å². The first kappa shape index (κ1) is 29.6. The van der Waals surface area contributed by atoms with Crippen LogP contribution in [0.1, 0.15) is 64.5 Å². The molecule has 1 amide bonds. The van der Waals surface area contributed by atoms with Gasteiger partial charge in [-0.2, -0.15) is 13.2 Å². The van der Waals surface area contributed by atoms with Crippen molar-refractivity contribution in [2.24, 2.45) is 0 Å². The topological polar surface area (TPSA) is 87.2 Å². The highest BCUT2D eigenvalue weighted by molar-refractivity contribution is 6.30. The van der Waals surface area contributed by atoms with Gasteiger partial charge < -0.3 is 19.5 Å². The lowest BCUT2D eigenvalue weighted by molar-refractivity contribution is -0.137. The third-order valence-corrected chi connectivity index (χ3v) is 7.37. The Morgan fingerprint density at radius 2 is 1.77 bits per heavy atom. The van der Waals surface area contributed by atoms with Crippen LogP contribution in [-0.2, 0) is 17.5 Å². The van der Waals surface area contributed by atoms with Gasteiger partial charge in [-0.1, -0.05) is 25.4 Å².